The van der Waals surface area contributed by atoms with Crippen molar-refractivity contribution in [2.75, 3.05) is 0 Å². The molecular weight excluding hydrogens is 1040 g/mol. The number of pyridine rings is 1. The Morgan fingerprint density at radius 2 is 0.549 bits per heavy atom. The largest absolute Gasteiger partial charge is 0.416 e. The van der Waals surface area contributed by atoms with Gasteiger partial charge in [-0.25, -0.2) is 4.57 Å². The number of hydrogen-bond acceptors (Lipinski definition) is 1. The summed E-state index contributed by atoms with van der Waals surface area (Å²) in [6, 6.07) is 5.49. The fraction of sp³-hybridized carbons (Fsp3) is 0.205. The van der Waals surface area contributed by atoms with Crippen LogP contribution in [0.5, 0.6) is 0 Å². The summed E-state index contributed by atoms with van der Waals surface area (Å²) in [6.45, 7) is 0.898. The van der Waals surface area contributed by atoms with Gasteiger partial charge in [-0.2, -0.15) is 127 Å². The van der Waals surface area contributed by atoms with Crippen LogP contribution >= 0.6 is 12.6 Å². The van der Waals surface area contributed by atoms with Crippen LogP contribution in [0.3, 0.4) is 0 Å². The van der Waals surface area contributed by atoms with E-state index in [4.69, 9.17) is 0 Å². The maximum atomic E-state index is 14.2. The van der Waals surface area contributed by atoms with Crippen LogP contribution in [-0.4, -0.2) is 6.15 Å². The highest BCUT2D eigenvalue weighted by atomic mass is 32.1. The van der Waals surface area contributed by atoms with Crippen molar-refractivity contribution in [1.82, 2.24) is 0 Å². The highest BCUT2D eigenvalue weighted by molar-refractivity contribution is 7.80. The molecule has 0 fully saturated rings. The molecule has 5 aromatic carbocycles. The third-order valence-corrected chi connectivity index (χ3v) is 10.8. The van der Waals surface area contributed by atoms with E-state index in [1.165, 1.54) is 5.56 Å². The Bertz CT molecular complexity index is 2410. The minimum atomic E-state index is -6.13. The first kappa shape index (κ1) is 55.9. The molecule has 0 N–H and O–H groups in total. The Morgan fingerprint density at radius 1 is 0.310 bits per heavy atom. The van der Waals surface area contributed by atoms with Crippen LogP contribution in [0.1, 0.15) is 50.1 Å². The van der Waals surface area contributed by atoms with Crippen molar-refractivity contribution < 1.29 is 110 Å². The van der Waals surface area contributed by atoms with Crippen molar-refractivity contribution >= 4 is 40.6 Å². The second-order valence-electron chi connectivity index (χ2n) is 15.4. The van der Waals surface area contributed by atoms with Gasteiger partial charge in [-0.3, -0.25) is 0 Å². The van der Waals surface area contributed by atoms with Crippen molar-refractivity contribution in [3.8, 4) is 0 Å². The third kappa shape index (κ3) is 13.3. The smallest absolute Gasteiger partial charge is 0.201 e. The molecule has 0 aliphatic heterocycles. The lowest BCUT2D eigenvalue weighted by molar-refractivity contribution is -0.688. The monoisotopic (exact) mass is 1070 g/mol. The van der Waals surface area contributed by atoms with E-state index in [1.54, 1.807) is 0 Å². The van der Waals surface area contributed by atoms with Crippen molar-refractivity contribution in [3.05, 3.63) is 178 Å². The van der Waals surface area contributed by atoms with Crippen molar-refractivity contribution in [3.63, 3.8) is 0 Å². The zero-order chi connectivity index (χ0) is 53.7. The maximum Gasteiger partial charge on any atom is 0.416 e. The average Bonchev–Trinajstić information content (AvgIpc) is 3.22. The number of halogens is 24. The number of thiol groups is 1. The minimum Gasteiger partial charge on any atom is -0.201 e. The lowest BCUT2D eigenvalue weighted by atomic mass is 9.12. The molecule has 1 aromatic heterocycles. The Labute approximate surface area is 388 Å². The highest BCUT2D eigenvalue weighted by Crippen LogP contribution is 2.41. The van der Waals surface area contributed by atoms with Gasteiger partial charge in [0, 0.05) is 22.6 Å². The summed E-state index contributed by atoms with van der Waals surface area (Å²) in [5, 5.41) is 0. The van der Waals surface area contributed by atoms with Crippen LogP contribution in [0.4, 0.5) is 105 Å². The highest BCUT2D eigenvalue weighted by Gasteiger charge is 2.47. The van der Waals surface area contributed by atoms with Crippen LogP contribution in [0.25, 0.3) is 0 Å². The summed E-state index contributed by atoms with van der Waals surface area (Å²) in [5.74, 6) is 0. The molecule has 27 heteroatoms. The lowest BCUT2D eigenvalue weighted by Crippen LogP contribution is -2.75. The van der Waals surface area contributed by atoms with Crippen molar-refractivity contribution in [1.29, 1.82) is 0 Å². The first-order chi connectivity index (χ1) is 32.1. The van der Waals surface area contributed by atoms with E-state index in [2.05, 4.69) is 41.7 Å². The second kappa shape index (κ2) is 19.2. The predicted molar refractivity (Wildman–Crippen MR) is 210 cm³/mol. The molecular formula is C44H24BF24NS. The van der Waals surface area contributed by atoms with E-state index in [0.717, 1.165) is 11.4 Å². The molecule has 6 rings (SSSR count). The fourth-order valence-electron chi connectivity index (χ4n) is 7.48. The average molecular weight is 1070 g/mol. The van der Waals surface area contributed by atoms with E-state index in [1.807, 2.05) is 30.3 Å². The van der Waals surface area contributed by atoms with Gasteiger partial charge in [0.1, 0.15) is 6.15 Å². The molecule has 0 aliphatic carbocycles. The molecule has 0 saturated carbocycles. The van der Waals surface area contributed by atoms with Gasteiger partial charge in [0.25, 0.3) is 0 Å². The Balaban J connectivity index is 0.000000569. The zero-order valence-electron chi connectivity index (χ0n) is 34.4. The lowest BCUT2D eigenvalue weighted by Gasteiger charge is -2.46. The van der Waals surface area contributed by atoms with Gasteiger partial charge in [-0.1, -0.05) is 66.7 Å². The van der Waals surface area contributed by atoms with Crippen LogP contribution in [-0.2, 0) is 56.0 Å². The molecule has 6 aromatic rings. The standard InChI is InChI=1S/C32H12BF24.C12H11NS/c34-25(35,36)13-1-14(26(37,38)39)6-21(5-13)33(22-7-15(27(40,41)42)2-16(8-22)28(43,44)45,23-9-17(29(46,47)48)3-18(10-23)30(49,50)51)24-11-19(31(52,53)54)4-20(12-24)32(55,56)57;14-12-6-4-5-11(9-12)10-13-7-2-1-3-8-13/h1-12H;1-9H,10H2/q-1;/p+1. The van der Waals surface area contributed by atoms with Crippen LogP contribution in [0.2, 0.25) is 0 Å². The van der Waals surface area contributed by atoms with E-state index < -0.39 is 195 Å². The van der Waals surface area contributed by atoms with Crippen molar-refractivity contribution in [2.45, 2.75) is 60.9 Å². The molecule has 382 valence electrons. The summed E-state index contributed by atoms with van der Waals surface area (Å²) >= 11 is 4.31. The normalized spacial score (nSPS) is 13.5. The number of nitrogens with zero attached hydrogens (tertiary/aromatic N) is 1. The molecule has 71 heavy (non-hydrogen) atoms. The second-order valence-corrected chi connectivity index (χ2v) is 16.0. The van der Waals surface area contributed by atoms with Gasteiger partial charge in [0.05, 0.1) is 44.5 Å². The summed E-state index contributed by atoms with van der Waals surface area (Å²) in [5.41, 5.74) is -28.9. The fourth-order valence-corrected chi connectivity index (χ4v) is 7.73. The third-order valence-electron chi connectivity index (χ3n) is 10.5. The summed E-state index contributed by atoms with van der Waals surface area (Å²) < 4.78 is 343. The molecule has 0 spiro atoms. The molecule has 0 bridgehead atoms. The van der Waals surface area contributed by atoms with Crippen LogP contribution in [0.15, 0.2) is 133 Å². The molecule has 0 amide bonds. The number of hydrogen-bond donors (Lipinski definition) is 1. The predicted octanol–water partition coefficient (Wildman–Crippen LogP) is 13.5. The maximum absolute atomic E-state index is 14.2. The summed E-state index contributed by atoms with van der Waals surface area (Å²) in [7, 11) is 0. The van der Waals surface area contributed by atoms with E-state index >= 15 is 0 Å². The molecule has 1 nitrogen and oxygen atoms in total. The van der Waals surface area contributed by atoms with Gasteiger partial charge >= 0.3 is 49.4 Å². The zero-order valence-corrected chi connectivity index (χ0v) is 35.3. The Morgan fingerprint density at radius 3 is 0.761 bits per heavy atom. The Hall–Kier alpha value is -6.02. The molecule has 1 heterocycles. The number of benzene rings is 5. The van der Waals surface area contributed by atoms with Gasteiger partial charge in [0.2, 0.25) is 0 Å². The minimum absolute atomic E-state index is 0.691. The summed E-state index contributed by atoms with van der Waals surface area (Å²) in [6.07, 6.45) is -50.7. The first-order valence-corrected chi connectivity index (χ1v) is 19.6. The number of rotatable bonds is 6. The first-order valence-electron chi connectivity index (χ1n) is 19.2. The van der Waals surface area contributed by atoms with E-state index in [-0.39, 0.29) is 0 Å². The van der Waals surface area contributed by atoms with Gasteiger partial charge in [0.15, 0.2) is 18.9 Å². The van der Waals surface area contributed by atoms with Crippen LogP contribution < -0.4 is 26.4 Å². The molecule has 0 aliphatic rings. The quantitative estimate of drug-likeness (QED) is 0.0733. The number of alkyl halides is 24. The number of aromatic nitrogens is 1. The SMILES string of the molecule is FC(F)(F)c1cc([B-](c2cc(C(F)(F)F)cc(C(F)(F)F)c2)(c2cc(C(F)(F)F)cc(C(F)(F)F)c2)c2cc(C(F)(F)F)cc(C(F)(F)F)c2)cc(C(F)(F)F)c1.Sc1cccc(C[n+]2ccccc2)c1. The van der Waals surface area contributed by atoms with Gasteiger partial charge < -0.3 is 0 Å². The summed E-state index contributed by atoms with van der Waals surface area (Å²) in [4.78, 5) is 1.01. The van der Waals surface area contributed by atoms with Crippen molar-refractivity contribution in [2.24, 2.45) is 0 Å². The Kier molecular flexibility index (Phi) is 15.1. The van der Waals surface area contributed by atoms with Gasteiger partial charge in [-0.15, -0.1) is 12.6 Å². The van der Waals surface area contributed by atoms with Gasteiger partial charge in [-0.05, 0) is 36.4 Å². The van der Waals surface area contributed by atoms with Crippen LogP contribution in [0, 0.1) is 0 Å². The molecule has 0 radical (unpaired) electrons. The molecule has 0 unspecified atom stereocenters. The van der Waals surface area contributed by atoms with E-state index in [0.29, 0.717) is 0 Å². The molecule has 0 saturated heterocycles. The molecule has 0 atom stereocenters. The van der Waals surface area contributed by atoms with E-state index in [9.17, 15) is 105 Å². The topological polar surface area (TPSA) is 3.88 Å².